The highest BCUT2D eigenvalue weighted by molar-refractivity contribution is 6.30. The van der Waals surface area contributed by atoms with Gasteiger partial charge < -0.3 is 5.32 Å². The van der Waals surface area contributed by atoms with Gasteiger partial charge in [-0.1, -0.05) is 29.8 Å². The van der Waals surface area contributed by atoms with Crippen molar-refractivity contribution in [1.29, 1.82) is 0 Å². The van der Waals surface area contributed by atoms with Crippen LogP contribution in [0.15, 0.2) is 72.9 Å². The van der Waals surface area contributed by atoms with Crippen molar-refractivity contribution in [2.45, 2.75) is 0 Å². The average Bonchev–Trinajstić information content (AvgIpc) is 3.02. The van der Waals surface area contributed by atoms with E-state index in [9.17, 15) is 9.18 Å². The van der Waals surface area contributed by atoms with Gasteiger partial charge in [0.1, 0.15) is 23.0 Å². The molecule has 0 unspecified atom stereocenters. The van der Waals surface area contributed by atoms with Gasteiger partial charge in [0, 0.05) is 22.5 Å². The van der Waals surface area contributed by atoms with Gasteiger partial charge in [-0.25, -0.2) is 14.2 Å². The lowest BCUT2D eigenvalue weighted by atomic mass is 10.1. The van der Waals surface area contributed by atoms with Gasteiger partial charge in [-0.15, -0.1) is 0 Å². The van der Waals surface area contributed by atoms with Gasteiger partial charge in [-0.3, -0.25) is 9.72 Å². The molecule has 0 bridgehead atoms. The monoisotopic (exact) mass is 380 g/mol. The van der Waals surface area contributed by atoms with E-state index >= 15 is 0 Å². The fourth-order valence-corrected chi connectivity index (χ4v) is 2.88. The Kier molecular flexibility index (Phi) is 4.48. The first-order chi connectivity index (χ1) is 13.1. The molecule has 2 aromatic heterocycles. The SMILES string of the molecule is O=C(Nc1ccc(Cl)cc1)Nc1c(-c2cccc(F)c2)nc2ccccn12. The highest BCUT2D eigenvalue weighted by Gasteiger charge is 2.16. The molecule has 0 radical (unpaired) electrons. The van der Waals surface area contributed by atoms with Gasteiger partial charge in [0.15, 0.2) is 0 Å². The quantitative estimate of drug-likeness (QED) is 0.497. The minimum Gasteiger partial charge on any atom is -0.308 e. The second kappa shape index (κ2) is 7.09. The highest BCUT2D eigenvalue weighted by atomic mass is 35.5. The maximum Gasteiger partial charge on any atom is 0.324 e. The van der Waals surface area contributed by atoms with Crippen molar-refractivity contribution < 1.29 is 9.18 Å². The molecule has 2 N–H and O–H groups in total. The third kappa shape index (κ3) is 3.61. The van der Waals surface area contributed by atoms with Crippen molar-refractivity contribution in [3.8, 4) is 11.3 Å². The van der Waals surface area contributed by atoms with Crippen molar-refractivity contribution in [2.75, 3.05) is 10.6 Å². The van der Waals surface area contributed by atoms with Gasteiger partial charge in [-0.05, 0) is 48.5 Å². The van der Waals surface area contributed by atoms with E-state index in [1.165, 1.54) is 12.1 Å². The normalized spacial score (nSPS) is 10.7. The predicted molar refractivity (Wildman–Crippen MR) is 105 cm³/mol. The molecule has 4 aromatic rings. The van der Waals surface area contributed by atoms with Crippen LogP contribution in [-0.2, 0) is 0 Å². The van der Waals surface area contributed by atoms with Crippen molar-refractivity contribution in [3.05, 3.63) is 83.8 Å². The maximum absolute atomic E-state index is 13.7. The summed E-state index contributed by atoms with van der Waals surface area (Å²) < 4.78 is 15.4. The largest absolute Gasteiger partial charge is 0.324 e. The number of halogens is 2. The second-order valence-corrected chi connectivity index (χ2v) is 6.27. The molecule has 2 amide bonds. The fraction of sp³-hybridized carbons (Fsp3) is 0. The van der Waals surface area contributed by atoms with Crippen LogP contribution in [-0.4, -0.2) is 15.4 Å². The van der Waals surface area contributed by atoms with Crippen molar-refractivity contribution in [1.82, 2.24) is 9.38 Å². The van der Waals surface area contributed by atoms with E-state index in [-0.39, 0.29) is 5.82 Å². The molecule has 134 valence electrons. The number of rotatable bonds is 3. The summed E-state index contributed by atoms with van der Waals surface area (Å²) in [5.41, 5.74) is 2.28. The number of aromatic nitrogens is 2. The lowest BCUT2D eigenvalue weighted by Gasteiger charge is -2.09. The molecule has 7 heteroatoms. The Hall–Kier alpha value is -3.38. The Morgan fingerprint density at radius 1 is 1.00 bits per heavy atom. The highest BCUT2D eigenvalue weighted by Crippen LogP contribution is 2.29. The van der Waals surface area contributed by atoms with E-state index in [0.29, 0.717) is 33.4 Å². The summed E-state index contributed by atoms with van der Waals surface area (Å²) in [6.07, 6.45) is 1.78. The molecule has 0 atom stereocenters. The second-order valence-electron chi connectivity index (χ2n) is 5.83. The molecule has 0 spiro atoms. The molecule has 0 aliphatic rings. The van der Waals surface area contributed by atoms with Crippen LogP contribution in [0.4, 0.5) is 20.7 Å². The van der Waals surface area contributed by atoms with Crippen LogP contribution in [0.3, 0.4) is 0 Å². The maximum atomic E-state index is 13.7. The molecule has 0 aliphatic heterocycles. The molecular weight excluding hydrogens is 367 g/mol. The summed E-state index contributed by atoms with van der Waals surface area (Å²) in [6.45, 7) is 0. The number of anilines is 2. The van der Waals surface area contributed by atoms with Crippen LogP contribution < -0.4 is 10.6 Å². The number of carbonyl (C=O) groups excluding carboxylic acids is 1. The Labute approximate surface area is 159 Å². The van der Waals surface area contributed by atoms with Crippen LogP contribution in [0.5, 0.6) is 0 Å². The first-order valence-electron chi connectivity index (χ1n) is 8.17. The summed E-state index contributed by atoms with van der Waals surface area (Å²) >= 11 is 5.86. The van der Waals surface area contributed by atoms with E-state index < -0.39 is 6.03 Å². The Morgan fingerprint density at radius 2 is 1.81 bits per heavy atom. The topological polar surface area (TPSA) is 58.4 Å². The standard InChI is InChI=1S/C20H14ClFN4O/c21-14-7-9-16(10-8-14)23-20(27)25-19-18(13-4-3-5-15(22)12-13)24-17-6-1-2-11-26(17)19/h1-12H,(H2,23,25,27). The van der Waals surface area contributed by atoms with Gasteiger partial charge in [-0.2, -0.15) is 0 Å². The molecule has 0 saturated carbocycles. The van der Waals surface area contributed by atoms with Crippen LogP contribution in [0.2, 0.25) is 5.02 Å². The smallest absolute Gasteiger partial charge is 0.308 e. The predicted octanol–water partition coefficient (Wildman–Crippen LogP) is 5.44. The Morgan fingerprint density at radius 3 is 2.59 bits per heavy atom. The molecule has 0 saturated heterocycles. The lowest BCUT2D eigenvalue weighted by Crippen LogP contribution is -2.20. The van der Waals surface area contributed by atoms with E-state index in [2.05, 4.69) is 15.6 Å². The van der Waals surface area contributed by atoms with Crippen molar-refractivity contribution in [2.24, 2.45) is 0 Å². The number of nitrogens with one attached hydrogen (secondary N) is 2. The zero-order chi connectivity index (χ0) is 18.8. The zero-order valence-corrected chi connectivity index (χ0v) is 14.7. The Balaban J connectivity index is 1.70. The van der Waals surface area contributed by atoms with E-state index in [1.807, 2.05) is 18.2 Å². The van der Waals surface area contributed by atoms with Gasteiger partial charge in [0.25, 0.3) is 0 Å². The number of nitrogens with zero attached hydrogens (tertiary/aromatic N) is 2. The number of amides is 2. The average molecular weight is 381 g/mol. The van der Waals surface area contributed by atoms with Crippen LogP contribution in [0.25, 0.3) is 16.9 Å². The minimum absolute atomic E-state index is 0.374. The van der Waals surface area contributed by atoms with Gasteiger partial charge >= 0.3 is 6.03 Å². The van der Waals surface area contributed by atoms with Gasteiger partial charge in [0.05, 0.1) is 0 Å². The molecule has 0 fully saturated rings. The molecule has 2 aromatic carbocycles. The molecule has 5 nitrogen and oxygen atoms in total. The number of imidazole rings is 1. The van der Waals surface area contributed by atoms with E-state index in [4.69, 9.17) is 11.6 Å². The Bertz CT molecular complexity index is 1120. The van der Waals surface area contributed by atoms with E-state index in [0.717, 1.165) is 0 Å². The molecule has 0 aliphatic carbocycles. The first-order valence-corrected chi connectivity index (χ1v) is 8.54. The lowest BCUT2D eigenvalue weighted by molar-refractivity contribution is 0.262. The van der Waals surface area contributed by atoms with Crippen LogP contribution >= 0.6 is 11.6 Å². The van der Waals surface area contributed by atoms with Crippen molar-refractivity contribution in [3.63, 3.8) is 0 Å². The fourth-order valence-electron chi connectivity index (χ4n) is 2.76. The van der Waals surface area contributed by atoms with Crippen molar-refractivity contribution >= 4 is 34.8 Å². The number of carbonyl (C=O) groups is 1. The molecule has 27 heavy (non-hydrogen) atoms. The summed E-state index contributed by atoms with van der Waals surface area (Å²) in [6, 6.07) is 17.9. The third-order valence-electron chi connectivity index (χ3n) is 3.96. The third-order valence-corrected chi connectivity index (χ3v) is 4.21. The first kappa shape index (κ1) is 17.1. The van der Waals surface area contributed by atoms with E-state index in [1.54, 1.807) is 47.0 Å². The van der Waals surface area contributed by atoms with Crippen LogP contribution in [0.1, 0.15) is 0 Å². The molecule has 2 heterocycles. The summed E-state index contributed by atoms with van der Waals surface area (Å²) in [7, 11) is 0. The number of hydrogen-bond donors (Lipinski definition) is 2. The number of benzene rings is 2. The number of pyridine rings is 1. The number of urea groups is 1. The number of hydrogen-bond acceptors (Lipinski definition) is 2. The number of fused-ring (bicyclic) bond motifs is 1. The zero-order valence-electron chi connectivity index (χ0n) is 14.0. The summed E-state index contributed by atoms with van der Waals surface area (Å²) in [5.74, 6) is 0.0729. The summed E-state index contributed by atoms with van der Waals surface area (Å²) in [5, 5.41) is 6.13. The molecular formula is C20H14ClFN4O. The summed E-state index contributed by atoms with van der Waals surface area (Å²) in [4.78, 5) is 17.0. The minimum atomic E-state index is -0.444. The van der Waals surface area contributed by atoms with Gasteiger partial charge in [0.2, 0.25) is 0 Å². The van der Waals surface area contributed by atoms with Crippen LogP contribution in [0, 0.1) is 5.82 Å². The molecule has 4 rings (SSSR count).